The van der Waals surface area contributed by atoms with E-state index in [1.807, 2.05) is 13.8 Å². The largest absolute Gasteiger partial charge is 0.451 e. The van der Waals surface area contributed by atoms with Crippen LogP contribution in [0.5, 0.6) is 0 Å². The number of carbonyl (C=O) groups excluding carboxylic acids is 2. The van der Waals surface area contributed by atoms with Crippen molar-refractivity contribution in [2.45, 2.75) is 148 Å². The van der Waals surface area contributed by atoms with Gasteiger partial charge in [-0.05, 0) is 33.1 Å². The van der Waals surface area contributed by atoms with Crippen molar-refractivity contribution < 1.29 is 23.8 Å². The molecule has 0 aromatic rings. The van der Waals surface area contributed by atoms with Crippen LogP contribution in [0.25, 0.3) is 0 Å². The lowest BCUT2D eigenvalue weighted by Gasteiger charge is -2.29. The fourth-order valence-electron chi connectivity index (χ4n) is 4.77. The highest BCUT2D eigenvalue weighted by molar-refractivity contribution is 6.61. The minimum Gasteiger partial charge on any atom is -0.451 e. The minimum atomic E-state index is -0.840. The molecule has 0 saturated carbocycles. The number of unbranched alkanes of at least 4 members (excludes halogenated alkanes) is 15. The third kappa shape index (κ3) is 17.1. The summed E-state index contributed by atoms with van der Waals surface area (Å²) in [7, 11) is 0. The van der Waals surface area contributed by atoms with Gasteiger partial charge in [0, 0.05) is 18.1 Å². The molecule has 1 aliphatic rings. The highest BCUT2D eigenvalue weighted by Crippen LogP contribution is 2.38. The summed E-state index contributed by atoms with van der Waals surface area (Å²) in [6.07, 6.45) is 22.4. The Hall–Kier alpha value is -1.01. The first-order valence-corrected chi connectivity index (χ1v) is 14.6. The second kappa shape index (κ2) is 19.1. The van der Waals surface area contributed by atoms with Crippen LogP contribution in [-0.4, -0.2) is 42.5 Å². The van der Waals surface area contributed by atoms with Gasteiger partial charge < -0.3 is 19.5 Å². The van der Waals surface area contributed by atoms with E-state index in [4.69, 9.17) is 25.8 Å². The van der Waals surface area contributed by atoms with Gasteiger partial charge in [0.1, 0.15) is 24.4 Å². The van der Waals surface area contributed by atoms with Gasteiger partial charge in [-0.3, -0.25) is 0 Å². The molecular formula is C28H52ClNO5. The quantitative estimate of drug-likeness (QED) is 0.122. The maximum Gasteiger partial charge on any atom is 0.407 e. The van der Waals surface area contributed by atoms with Crippen molar-refractivity contribution in [3.8, 4) is 0 Å². The molecule has 1 aliphatic heterocycles. The average Bonchev–Trinajstić information content (AvgIpc) is 3.14. The molecule has 1 N–H and O–H groups in total. The Balaban J connectivity index is 1.89. The van der Waals surface area contributed by atoms with Gasteiger partial charge in [-0.25, -0.2) is 9.59 Å². The molecule has 6 nitrogen and oxygen atoms in total. The summed E-state index contributed by atoms with van der Waals surface area (Å²) in [5, 5.41) is 2.83. The summed E-state index contributed by atoms with van der Waals surface area (Å²) in [5.41, 5.74) is -2.03. The predicted molar refractivity (Wildman–Crippen MR) is 143 cm³/mol. The Bertz CT molecular complexity index is 576. The molecule has 0 radical (unpaired) electrons. The Labute approximate surface area is 219 Å². The van der Waals surface area contributed by atoms with Crippen LogP contribution in [0.3, 0.4) is 0 Å². The molecule has 1 heterocycles. The fraction of sp³-hybridized carbons (Fsp3) is 0.929. The first kappa shape index (κ1) is 32.0. The first-order chi connectivity index (χ1) is 16.8. The molecule has 206 valence electrons. The summed E-state index contributed by atoms with van der Waals surface area (Å²) >= 11 is 5.24. The Kier molecular flexibility index (Phi) is 17.5. The third-order valence-electron chi connectivity index (χ3n) is 6.97. The number of ether oxygens (including phenoxy) is 3. The standard InChI is InChI=1S/C28H52ClNO5/c1-4-5-6-7-8-9-10-11-12-13-14-15-16-17-18-19-22-30-26(32)34-24-28(3)21-20-27(2,35-28)23-33-25(29)31/h4-24H2,1-3H3,(H,30,32). The van der Waals surface area contributed by atoms with Gasteiger partial charge in [0.2, 0.25) is 0 Å². The SMILES string of the molecule is CCCCCCCCCCCCCCCCCCNC(=O)OCC1(C)CCC(C)(COC(=O)Cl)O1. The average molecular weight is 518 g/mol. The summed E-state index contributed by atoms with van der Waals surface area (Å²) < 4.78 is 16.3. The summed E-state index contributed by atoms with van der Waals surface area (Å²) in [6, 6.07) is 0. The number of rotatable bonds is 21. The second-order valence-corrected chi connectivity index (χ2v) is 11.1. The van der Waals surface area contributed by atoms with E-state index in [0.717, 1.165) is 19.3 Å². The van der Waals surface area contributed by atoms with E-state index in [-0.39, 0.29) is 13.2 Å². The molecule has 0 bridgehead atoms. The molecule has 0 aliphatic carbocycles. The maximum absolute atomic E-state index is 12.0. The van der Waals surface area contributed by atoms with Gasteiger partial charge >= 0.3 is 11.5 Å². The van der Waals surface area contributed by atoms with E-state index in [0.29, 0.717) is 13.0 Å². The monoisotopic (exact) mass is 517 g/mol. The lowest BCUT2D eigenvalue weighted by atomic mass is 9.99. The van der Waals surface area contributed by atoms with E-state index in [1.54, 1.807) is 0 Å². The van der Waals surface area contributed by atoms with Gasteiger partial charge in [0.15, 0.2) is 0 Å². The fourth-order valence-corrected chi connectivity index (χ4v) is 4.83. The van der Waals surface area contributed by atoms with Crippen LogP contribution in [0.4, 0.5) is 9.59 Å². The number of hydrogen-bond donors (Lipinski definition) is 1. The summed E-state index contributed by atoms with van der Waals surface area (Å²) in [5.74, 6) is 0. The Morgan fingerprint density at radius 2 is 1.11 bits per heavy atom. The smallest absolute Gasteiger partial charge is 0.407 e. The van der Waals surface area contributed by atoms with Gasteiger partial charge in [-0.1, -0.05) is 103 Å². The van der Waals surface area contributed by atoms with Crippen molar-refractivity contribution in [2.24, 2.45) is 0 Å². The van der Waals surface area contributed by atoms with E-state index >= 15 is 0 Å². The molecule has 35 heavy (non-hydrogen) atoms. The Morgan fingerprint density at radius 1 is 0.714 bits per heavy atom. The van der Waals surface area contributed by atoms with Crippen LogP contribution in [0.2, 0.25) is 0 Å². The molecule has 0 aromatic carbocycles. The van der Waals surface area contributed by atoms with Gasteiger partial charge in [-0.15, -0.1) is 0 Å². The van der Waals surface area contributed by atoms with Crippen LogP contribution in [0.15, 0.2) is 0 Å². The highest BCUT2D eigenvalue weighted by atomic mass is 35.5. The predicted octanol–water partition coefficient (Wildman–Crippen LogP) is 8.68. The van der Waals surface area contributed by atoms with Crippen LogP contribution in [0.1, 0.15) is 136 Å². The molecule has 1 rings (SSSR count). The number of hydrogen-bond acceptors (Lipinski definition) is 5. The number of halogens is 1. The number of nitrogens with one attached hydrogen (secondary N) is 1. The highest BCUT2D eigenvalue weighted by Gasteiger charge is 2.45. The molecule has 2 atom stereocenters. The molecule has 7 heteroatoms. The third-order valence-corrected chi connectivity index (χ3v) is 7.08. The van der Waals surface area contributed by atoms with Gasteiger partial charge in [-0.2, -0.15) is 0 Å². The molecular weight excluding hydrogens is 466 g/mol. The van der Waals surface area contributed by atoms with E-state index in [9.17, 15) is 9.59 Å². The summed E-state index contributed by atoms with van der Waals surface area (Å²) in [6.45, 7) is 6.95. The molecule has 0 spiro atoms. The van der Waals surface area contributed by atoms with E-state index in [2.05, 4.69) is 12.2 Å². The van der Waals surface area contributed by atoms with Crippen molar-refractivity contribution in [3.63, 3.8) is 0 Å². The number of amides is 1. The zero-order chi connectivity index (χ0) is 25.8. The van der Waals surface area contributed by atoms with E-state index in [1.165, 1.54) is 89.9 Å². The second-order valence-electron chi connectivity index (χ2n) is 10.8. The Morgan fingerprint density at radius 3 is 1.54 bits per heavy atom. The normalized spacial score (nSPS) is 21.7. The minimum absolute atomic E-state index is 0.0936. The van der Waals surface area contributed by atoms with Crippen molar-refractivity contribution in [1.82, 2.24) is 5.32 Å². The lowest BCUT2D eigenvalue weighted by molar-refractivity contribution is -0.125. The van der Waals surface area contributed by atoms with Crippen molar-refractivity contribution in [3.05, 3.63) is 0 Å². The topological polar surface area (TPSA) is 73.9 Å². The van der Waals surface area contributed by atoms with Gasteiger partial charge in [0.25, 0.3) is 0 Å². The van der Waals surface area contributed by atoms with Gasteiger partial charge in [0.05, 0.1) is 0 Å². The van der Waals surface area contributed by atoms with Crippen LogP contribution >= 0.6 is 11.6 Å². The van der Waals surface area contributed by atoms with E-state index < -0.39 is 22.7 Å². The maximum atomic E-state index is 12.0. The van der Waals surface area contributed by atoms with Crippen LogP contribution < -0.4 is 5.32 Å². The summed E-state index contributed by atoms with van der Waals surface area (Å²) in [4.78, 5) is 22.8. The van der Waals surface area contributed by atoms with Crippen molar-refractivity contribution in [2.75, 3.05) is 19.8 Å². The van der Waals surface area contributed by atoms with Crippen molar-refractivity contribution >= 4 is 23.1 Å². The van der Waals surface area contributed by atoms with Crippen molar-refractivity contribution in [1.29, 1.82) is 0 Å². The zero-order valence-electron chi connectivity index (χ0n) is 22.8. The molecule has 2 unspecified atom stereocenters. The number of alkyl carbamates (subject to hydrolysis) is 1. The lowest BCUT2D eigenvalue weighted by Crippen LogP contribution is -2.39. The first-order valence-electron chi connectivity index (χ1n) is 14.2. The van der Waals surface area contributed by atoms with Crippen LogP contribution in [0, 0.1) is 0 Å². The molecule has 0 aromatic heterocycles. The molecule has 1 fully saturated rings. The zero-order valence-corrected chi connectivity index (χ0v) is 23.5. The van der Waals surface area contributed by atoms with Crippen LogP contribution in [-0.2, 0) is 14.2 Å². The molecule has 1 amide bonds. The number of carbonyl (C=O) groups is 2. The molecule has 1 saturated heterocycles.